The number of furan rings is 1. The van der Waals surface area contributed by atoms with Gasteiger partial charge >= 0.3 is 0 Å². The molecule has 3 aromatic heterocycles. The molecule has 0 bridgehead atoms. The number of hydrogen-bond acceptors (Lipinski definition) is 5. The molecule has 0 saturated carbocycles. The molecule has 0 spiro atoms. The van der Waals surface area contributed by atoms with Crippen molar-refractivity contribution in [3.05, 3.63) is 46.6 Å². The van der Waals surface area contributed by atoms with Crippen molar-refractivity contribution in [3.8, 4) is 11.6 Å². The fourth-order valence-electron chi connectivity index (χ4n) is 2.44. The molecule has 0 radical (unpaired) electrons. The Kier molecular flexibility index (Phi) is 5.84. The first-order valence-electron chi connectivity index (χ1n) is 8.15. The summed E-state index contributed by atoms with van der Waals surface area (Å²) in [5.74, 6) is 2.94. The third kappa shape index (κ3) is 4.69. The van der Waals surface area contributed by atoms with Crippen molar-refractivity contribution in [1.82, 2.24) is 25.4 Å². The van der Waals surface area contributed by atoms with Gasteiger partial charge in [0.15, 0.2) is 11.7 Å². The highest BCUT2D eigenvalue weighted by Gasteiger charge is 2.09. The van der Waals surface area contributed by atoms with Crippen LogP contribution >= 0.6 is 11.3 Å². The zero-order valence-electron chi connectivity index (χ0n) is 14.4. The molecule has 3 aromatic rings. The molecule has 8 heteroatoms. The maximum absolute atomic E-state index is 5.30. The van der Waals surface area contributed by atoms with Gasteiger partial charge in [-0.25, -0.2) is 4.98 Å². The average Bonchev–Trinajstić information content (AvgIpc) is 3.38. The van der Waals surface area contributed by atoms with Gasteiger partial charge in [-0.15, -0.1) is 11.3 Å². The van der Waals surface area contributed by atoms with Crippen LogP contribution in [0.1, 0.15) is 10.7 Å². The smallest absolute Gasteiger partial charge is 0.216 e. The van der Waals surface area contributed by atoms with Gasteiger partial charge in [0.25, 0.3) is 0 Å². The molecule has 0 aliphatic heterocycles. The first-order chi connectivity index (χ1) is 12.3. The Bertz CT molecular complexity index is 778. The third-order valence-electron chi connectivity index (χ3n) is 3.77. The second-order valence-electron chi connectivity index (χ2n) is 5.56. The van der Waals surface area contributed by atoms with Gasteiger partial charge in [-0.05, 0) is 30.0 Å². The molecule has 132 valence electrons. The predicted molar refractivity (Wildman–Crippen MR) is 99.8 cm³/mol. The molecule has 0 aromatic carbocycles. The molecule has 0 aliphatic rings. The summed E-state index contributed by atoms with van der Waals surface area (Å²) in [4.78, 5) is 12.3. The first-order valence-corrected chi connectivity index (χ1v) is 9.03. The van der Waals surface area contributed by atoms with E-state index in [1.54, 1.807) is 24.6 Å². The molecule has 0 aliphatic carbocycles. The highest BCUT2D eigenvalue weighted by molar-refractivity contribution is 7.09. The number of likely N-dealkylation sites (N-methyl/N-ethyl adjacent to an activating group) is 1. The van der Waals surface area contributed by atoms with Gasteiger partial charge < -0.3 is 14.6 Å². The highest BCUT2D eigenvalue weighted by atomic mass is 32.1. The minimum Gasteiger partial charge on any atom is -0.461 e. The van der Waals surface area contributed by atoms with Crippen LogP contribution in [0.25, 0.3) is 11.6 Å². The minimum atomic E-state index is 0.581. The lowest BCUT2D eigenvalue weighted by molar-refractivity contribution is 0.486. The molecule has 0 amide bonds. The van der Waals surface area contributed by atoms with E-state index in [9.17, 15) is 0 Å². The van der Waals surface area contributed by atoms with Crippen molar-refractivity contribution in [2.75, 3.05) is 27.2 Å². The van der Waals surface area contributed by atoms with Crippen LogP contribution in [0.15, 0.2) is 45.3 Å². The fraction of sp³-hybridized carbons (Fsp3) is 0.353. The van der Waals surface area contributed by atoms with E-state index >= 15 is 0 Å². The van der Waals surface area contributed by atoms with Crippen LogP contribution in [0.2, 0.25) is 0 Å². The van der Waals surface area contributed by atoms with E-state index in [1.165, 1.54) is 4.88 Å². The van der Waals surface area contributed by atoms with Crippen LogP contribution in [0.5, 0.6) is 0 Å². The van der Waals surface area contributed by atoms with E-state index in [-0.39, 0.29) is 0 Å². The number of aromatic nitrogens is 3. The quantitative estimate of drug-likeness (QED) is 0.501. The summed E-state index contributed by atoms with van der Waals surface area (Å²) >= 11 is 1.79. The summed E-state index contributed by atoms with van der Waals surface area (Å²) in [6.07, 6.45) is 3.36. The lowest BCUT2D eigenvalue weighted by Crippen LogP contribution is -2.40. The van der Waals surface area contributed by atoms with Gasteiger partial charge in [-0.3, -0.25) is 10.1 Å². The van der Waals surface area contributed by atoms with E-state index in [2.05, 4.69) is 47.9 Å². The first kappa shape index (κ1) is 17.2. The van der Waals surface area contributed by atoms with Gasteiger partial charge in [0.05, 0.1) is 6.26 Å². The van der Waals surface area contributed by atoms with Crippen molar-refractivity contribution in [3.63, 3.8) is 0 Å². The summed E-state index contributed by atoms with van der Waals surface area (Å²) in [5.41, 5.74) is 0. The molecule has 3 rings (SSSR count). The monoisotopic (exact) mass is 358 g/mol. The van der Waals surface area contributed by atoms with Gasteiger partial charge in [0, 0.05) is 38.5 Å². The van der Waals surface area contributed by atoms with Crippen LogP contribution in [-0.2, 0) is 12.8 Å². The Morgan fingerprint density at radius 2 is 2.28 bits per heavy atom. The SMILES string of the molecule is CN=C(NCCc1nc(-c2ccco2)n[nH]1)N(C)CCc1cccs1. The molecule has 7 nitrogen and oxygen atoms in total. The molecule has 0 atom stereocenters. The van der Waals surface area contributed by atoms with Crippen LogP contribution in [-0.4, -0.2) is 53.2 Å². The molecular formula is C17H22N6OS. The number of hydrogen-bond donors (Lipinski definition) is 2. The number of thiophene rings is 1. The van der Waals surface area contributed by atoms with Gasteiger partial charge in [0.2, 0.25) is 5.82 Å². The standard InChI is InChI=1S/C17H22N6OS/c1-18-17(23(2)10-8-13-5-4-12-25-13)19-9-7-15-20-16(22-21-15)14-6-3-11-24-14/h3-6,11-12H,7-10H2,1-2H3,(H,18,19)(H,20,21,22). The van der Waals surface area contributed by atoms with Crippen LogP contribution in [0.3, 0.4) is 0 Å². The van der Waals surface area contributed by atoms with E-state index in [0.29, 0.717) is 11.6 Å². The number of H-pyrrole nitrogens is 1. The zero-order chi connectivity index (χ0) is 17.5. The zero-order valence-corrected chi connectivity index (χ0v) is 15.2. The number of nitrogens with zero attached hydrogens (tertiary/aromatic N) is 4. The number of nitrogens with one attached hydrogen (secondary N) is 2. The highest BCUT2D eigenvalue weighted by Crippen LogP contribution is 2.14. The Labute approximate surface area is 150 Å². The van der Waals surface area contributed by atoms with Crippen molar-refractivity contribution >= 4 is 17.3 Å². The second-order valence-corrected chi connectivity index (χ2v) is 6.59. The van der Waals surface area contributed by atoms with Crippen LogP contribution in [0, 0.1) is 0 Å². The lowest BCUT2D eigenvalue weighted by Gasteiger charge is -2.21. The summed E-state index contributed by atoms with van der Waals surface area (Å²) < 4.78 is 5.30. The number of aliphatic imine (C=N–C) groups is 1. The molecular weight excluding hydrogens is 336 g/mol. The van der Waals surface area contributed by atoms with E-state index in [4.69, 9.17) is 4.42 Å². The summed E-state index contributed by atoms with van der Waals surface area (Å²) in [6, 6.07) is 7.91. The van der Waals surface area contributed by atoms with Gasteiger partial charge in [-0.2, -0.15) is 5.10 Å². The molecule has 0 saturated heterocycles. The van der Waals surface area contributed by atoms with Gasteiger partial charge in [-0.1, -0.05) is 6.07 Å². The summed E-state index contributed by atoms with van der Waals surface area (Å²) in [7, 11) is 3.85. The number of rotatable bonds is 7. The fourth-order valence-corrected chi connectivity index (χ4v) is 3.14. The Morgan fingerprint density at radius 1 is 1.36 bits per heavy atom. The molecule has 0 unspecified atom stereocenters. The van der Waals surface area contributed by atoms with Gasteiger partial charge in [0.1, 0.15) is 5.82 Å². The van der Waals surface area contributed by atoms with Crippen molar-refractivity contribution < 1.29 is 4.42 Å². The number of guanidine groups is 1. The van der Waals surface area contributed by atoms with Crippen molar-refractivity contribution in [2.24, 2.45) is 4.99 Å². The van der Waals surface area contributed by atoms with E-state index in [0.717, 1.165) is 37.7 Å². The minimum absolute atomic E-state index is 0.581. The lowest BCUT2D eigenvalue weighted by atomic mass is 10.3. The molecule has 3 heterocycles. The Morgan fingerprint density at radius 3 is 3.00 bits per heavy atom. The summed E-state index contributed by atoms with van der Waals surface area (Å²) in [5, 5.41) is 12.6. The Hall–Kier alpha value is -2.61. The van der Waals surface area contributed by atoms with Crippen LogP contribution < -0.4 is 5.32 Å². The molecule has 25 heavy (non-hydrogen) atoms. The topological polar surface area (TPSA) is 82.3 Å². The molecule has 0 fully saturated rings. The Balaban J connectivity index is 1.45. The predicted octanol–water partition coefficient (Wildman–Crippen LogP) is 2.42. The third-order valence-corrected chi connectivity index (χ3v) is 4.70. The normalized spacial score (nSPS) is 11.7. The van der Waals surface area contributed by atoms with E-state index in [1.807, 2.05) is 19.2 Å². The molecule has 2 N–H and O–H groups in total. The largest absolute Gasteiger partial charge is 0.461 e. The summed E-state index contributed by atoms with van der Waals surface area (Å²) in [6.45, 7) is 1.65. The van der Waals surface area contributed by atoms with Crippen LogP contribution in [0.4, 0.5) is 0 Å². The number of aromatic amines is 1. The van der Waals surface area contributed by atoms with E-state index < -0.39 is 0 Å². The maximum atomic E-state index is 5.30. The van der Waals surface area contributed by atoms with Crippen molar-refractivity contribution in [2.45, 2.75) is 12.8 Å². The maximum Gasteiger partial charge on any atom is 0.216 e. The van der Waals surface area contributed by atoms with Crippen molar-refractivity contribution in [1.29, 1.82) is 0 Å². The second kappa shape index (κ2) is 8.48. The average molecular weight is 358 g/mol.